The minimum absolute atomic E-state index is 0.128. The molecule has 1 fully saturated rings. The molecule has 4 atom stereocenters. The first-order chi connectivity index (χ1) is 22.5. The Kier molecular flexibility index (Phi) is 11.8. The molecule has 0 saturated carbocycles. The van der Waals surface area contributed by atoms with E-state index in [0.29, 0.717) is 56.1 Å². The molecule has 4 amide bonds. The lowest BCUT2D eigenvalue weighted by Gasteiger charge is -2.36. The van der Waals surface area contributed by atoms with Crippen LogP contribution >= 0.6 is 0 Å². The SMILES string of the molecule is CCC(=O)N[C@@H](C(=O)N1CCN(C)CC1)[C@@H](C)c1ccc(NC(=O)[C@H]([C@@H](C)c2ccc(F)cc2)N(C=O)c2ccnn2CC)c(F)c1. The van der Waals surface area contributed by atoms with Crippen LogP contribution in [0.5, 0.6) is 0 Å². The van der Waals surface area contributed by atoms with Crippen molar-refractivity contribution in [2.75, 3.05) is 43.4 Å². The molecule has 0 aliphatic carbocycles. The maximum atomic E-state index is 15.7. The molecule has 4 rings (SSSR count). The van der Waals surface area contributed by atoms with Gasteiger partial charge in [-0.3, -0.25) is 24.1 Å². The van der Waals surface area contributed by atoms with Gasteiger partial charge in [-0.05, 0) is 49.4 Å². The summed E-state index contributed by atoms with van der Waals surface area (Å²) in [5.74, 6) is -3.24. The van der Waals surface area contributed by atoms with E-state index in [9.17, 15) is 23.6 Å². The van der Waals surface area contributed by atoms with E-state index < -0.39 is 41.5 Å². The highest BCUT2D eigenvalue weighted by molar-refractivity contribution is 6.01. The van der Waals surface area contributed by atoms with Crippen molar-refractivity contribution in [3.05, 3.63) is 77.5 Å². The van der Waals surface area contributed by atoms with Gasteiger partial charge < -0.3 is 20.4 Å². The Hall–Kier alpha value is -4.65. The average molecular weight is 652 g/mol. The van der Waals surface area contributed by atoms with E-state index in [-0.39, 0.29) is 23.9 Å². The average Bonchev–Trinajstić information content (AvgIpc) is 3.55. The predicted molar refractivity (Wildman–Crippen MR) is 175 cm³/mol. The standard InChI is InChI=1S/C34H43F2N7O4/c1-6-29(45)39-31(34(47)41-18-16-40(5)17-19-41)22(3)25-10-13-28(27(36)20-25)38-33(46)32(23(4)24-8-11-26(35)12-9-24)42(21-44)30-14-15-37-43(30)7-2/h8-15,20-23,31-32H,6-7,16-19H2,1-5H3,(H,38,46)(H,39,45)/t22-,23-,31+,32-/m0/s1. The fraction of sp³-hybridized carbons (Fsp3) is 0.441. The van der Waals surface area contributed by atoms with Crippen molar-refractivity contribution < 1.29 is 28.0 Å². The number of amides is 4. The van der Waals surface area contributed by atoms with Gasteiger partial charge in [0.25, 0.3) is 0 Å². The third kappa shape index (κ3) is 8.20. The molecule has 11 nitrogen and oxygen atoms in total. The molecule has 0 spiro atoms. The molecule has 1 aromatic heterocycles. The van der Waals surface area contributed by atoms with Crippen LogP contribution in [-0.2, 0) is 25.7 Å². The zero-order chi connectivity index (χ0) is 34.2. The van der Waals surface area contributed by atoms with Gasteiger partial charge in [0.15, 0.2) is 0 Å². The Bertz CT molecular complexity index is 1560. The van der Waals surface area contributed by atoms with Crippen molar-refractivity contribution in [3.8, 4) is 0 Å². The van der Waals surface area contributed by atoms with E-state index in [0.717, 1.165) is 0 Å². The Labute approximate surface area is 273 Å². The van der Waals surface area contributed by atoms with Crippen LogP contribution < -0.4 is 15.5 Å². The van der Waals surface area contributed by atoms with Crippen LogP contribution in [0.25, 0.3) is 0 Å². The first kappa shape index (κ1) is 35.2. The molecule has 2 aromatic carbocycles. The van der Waals surface area contributed by atoms with Crippen molar-refractivity contribution in [1.82, 2.24) is 24.9 Å². The molecule has 1 aliphatic rings. The van der Waals surface area contributed by atoms with Crippen molar-refractivity contribution in [2.45, 2.75) is 64.6 Å². The zero-order valence-corrected chi connectivity index (χ0v) is 27.5. The minimum atomic E-state index is -1.16. The van der Waals surface area contributed by atoms with Crippen LogP contribution in [0, 0.1) is 11.6 Å². The fourth-order valence-electron chi connectivity index (χ4n) is 5.81. The van der Waals surface area contributed by atoms with E-state index in [2.05, 4.69) is 20.6 Å². The highest BCUT2D eigenvalue weighted by Gasteiger charge is 2.36. The van der Waals surface area contributed by atoms with Gasteiger partial charge in [0.1, 0.15) is 29.5 Å². The van der Waals surface area contributed by atoms with Crippen molar-refractivity contribution >= 4 is 35.6 Å². The number of hydrogen-bond acceptors (Lipinski definition) is 6. The molecular weight excluding hydrogens is 608 g/mol. The van der Waals surface area contributed by atoms with Gasteiger partial charge in [-0.25, -0.2) is 13.5 Å². The lowest BCUT2D eigenvalue weighted by molar-refractivity contribution is -0.138. The molecule has 1 aliphatic heterocycles. The number of carbonyl (C=O) groups excluding carboxylic acids is 4. The summed E-state index contributed by atoms with van der Waals surface area (Å²) in [6.45, 7) is 9.90. The fourth-order valence-corrected chi connectivity index (χ4v) is 5.81. The molecule has 2 heterocycles. The summed E-state index contributed by atoms with van der Waals surface area (Å²) >= 11 is 0. The minimum Gasteiger partial charge on any atom is -0.344 e. The van der Waals surface area contributed by atoms with Gasteiger partial charge >= 0.3 is 0 Å². The Morgan fingerprint density at radius 3 is 2.21 bits per heavy atom. The van der Waals surface area contributed by atoms with E-state index in [4.69, 9.17) is 0 Å². The summed E-state index contributed by atoms with van der Waals surface area (Å²) in [5, 5.41) is 9.67. The molecule has 13 heteroatoms. The number of aryl methyl sites for hydroxylation is 1. The number of likely N-dealkylation sites (N-methyl/N-ethyl adjacent to an activating group) is 1. The van der Waals surface area contributed by atoms with Crippen LogP contribution in [0.1, 0.15) is 57.1 Å². The number of hydrogen-bond donors (Lipinski definition) is 2. The molecular formula is C34H43F2N7O4. The summed E-state index contributed by atoms with van der Waals surface area (Å²) in [4.78, 5) is 57.5. The quantitative estimate of drug-likeness (QED) is 0.272. The molecule has 2 N–H and O–H groups in total. The number of benzene rings is 2. The second-order valence-electron chi connectivity index (χ2n) is 11.8. The van der Waals surface area contributed by atoms with E-state index in [1.807, 2.05) is 14.0 Å². The third-order valence-electron chi connectivity index (χ3n) is 8.80. The Morgan fingerprint density at radius 1 is 0.957 bits per heavy atom. The van der Waals surface area contributed by atoms with Crippen LogP contribution in [0.3, 0.4) is 0 Å². The summed E-state index contributed by atoms with van der Waals surface area (Å²) < 4.78 is 31.0. The first-order valence-electron chi connectivity index (χ1n) is 15.9. The van der Waals surface area contributed by atoms with Crippen LogP contribution in [0.4, 0.5) is 20.3 Å². The number of piperazine rings is 1. The highest BCUT2D eigenvalue weighted by atomic mass is 19.1. The summed E-state index contributed by atoms with van der Waals surface area (Å²) in [7, 11) is 1.98. The normalized spacial score (nSPS) is 16.1. The number of aromatic nitrogens is 2. The van der Waals surface area contributed by atoms with Crippen molar-refractivity contribution in [3.63, 3.8) is 0 Å². The molecule has 0 radical (unpaired) electrons. The number of halogens is 2. The monoisotopic (exact) mass is 651 g/mol. The predicted octanol–water partition coefficient (Wildman–Crippen LogP) is 3.73. The van der Waals surface area contributed by atoms with Gasteiger partial charge in [0.2, 0.25) is 24.1 Å². The first-order valence-corrected chi connectivity index (χ1v) is 15.9. The van der Waals surface area contributed by atoms with Gasteiger partial charge in [0, 0.05) is 57.0 Å². The number of nitrogens with zero attached hydrogens (tertiary/aromatic N) is 5. The maximum Gasteiger partial charge on any atom is 0.248 e. The van der Waals surface area contributed by atoms with Crippen LogP contribution in [0.2, 0.25) is 0 Å². The zero-order valence-electron chi connectivity index (χ0n) is 27.5. The molecule has 0 bridgehead atoms. The summed E-state index contributed by atoms with van der Waals surface area (Å²) in [6, 6.07) is 9.40. The van der Waals surface area contributed by atoms with Gasteiger partial charge in [0.05, 0.1) is 11.9 Å². The lowest BCUT2D eigenvalue weighted by Crippen LogP contribution is -2.55. The van der Waals surface area contributed by atoms with E-state index in [1.54, 1.807) is 42.5 Å². The van der Waals surface area contributed by atoms with E-state index >= 15 is 4.39 Å². The van der Waals surface area contributed by atoms with Gasteiger partial charge in [-0.2, -0.15) is 5.10 Å². The number of rotatable bonds is 13. The third-order valence-corrected chi connectivity index (χ3v) is 8.80. The number of carbonyl (C=O) groups is 4. The summed E-state index contributed by atoms with van der Waals surface area (Å²) in [6.07, 6.45) is 2.22. The largest absolute Gasteiger partial charge is 0.344 e. The summed E-state index contributed by atoms with van der Waals surface area (Å²) in [5.41, 5.74) is 0.925. The highest BCUT2D eigenvalue weighted by Crippen LogP contribution is 2.30. The topological polar surface area (TPSA) is 120 Å². The van der Waals surface area contributed by atoms with E-state index in [1.165, 1.54) is 47.5 Å². The number of anilines is 2. The molecule has 1 saturated heterocycles. The maximum absolute atomic E-state index is 15.7. The van der Waals surface area contributed by atoms with Crippen LogP contribution in [0.15, 0.2) is 54.7 Å². The van der Waals surface area contributed by atoms with Crippen molar-refractivity contribution in [2.24, 2.45) is 0 Å². The van der Waals surface area contributed by atoms with Crippen LogP contribution in [-0.4, -0.2) is 89.0 Å². The molecule has 3 aromatic rings. The smallest absolute Gasteiger partial charge is 0.248 e. The second-order valence-corrected chi connectivity index (χ2v) is 11.8. The molecule has 252 valence electrons. The van der Waals surface area contributed by atoms with Crippen molar-refractivity contribution in [1.29, 1.82) is 0 Å². The lowest BCUT2D eigenvalue weighted by atomic mass is 9.90. The second kappa shape index (κ2) is 15.8. The van der Waals surface area contributed by atoms with Gasteiger partial charge in [-0.1, -0.05) is 39.0 Å². The Balaban J connectivity index is 1.62. The molecule has 0 unspecified atom stereocenters. The Morgan fingerprint density at radius 2 is 1.62 bits per heavy atom. The molecule has 47 heavy (non-hydrogen) atoms. The number of nitrogens with one attached hydrogen (secondary N) is 2. The van der Waals surface area contributed by atoms with Gasteiger partial charge in [-0.15, -0.1) is 0 Å².